The summed E-state index contributed by atoms with van der Waals surface area (Å²) in [5, 5.41) is 0. The molecule has 0 bridgehead atoms. The van der Waals surface area contributed by atoms with Crippen LogP contribution in [0.5, 0.6) is 0 Å². The molecule has 2 aromatic carbocycles. The topological polar surface area (TPSA) is 17.1 Å². The first-order valence-corrected chi connectivity index (χ1v) is 7.78. The summed E-state index contributed by atoms with van der Waals surface area (Å²) >= 11 is 3.49. The number of carbonyl (C=O) groups is 1. The van der Waals surface area contributed by atoms with Crippen molar-refractivity contribution >= 4 is 21.7 Å². The van der Waals surface area contributed by atoms with Crippen LogP contribution in [0, 0.1) is 6.92 Å². The molecule has 2 rings (SSSR count). The van der Waals surface area contributed by atoms with Gasteiger partial charge in [0.05, 0.1) is 0 Å². The van der Waals surface area contributed by atoms with Crippen molar-refractivity contribution in [2.45, 2.75) is 33.6 Å². The van der Waals surface area contributed by atoms with Gasteiger partial charge in [0.15, 0.2) is 5.78 Å². The van der Waals surface area contributed by atoms with Gasteiger partial charge < -0.3 is 0 Å². The first-order chi connectivity index (χ1) is 9.56. The van der Waals surface area contributed by atoms with Gasteiger partial charge in [-0.05, 0) is 49.1 Å². The SMILES string of the molecule is CCc1ccc(CC)c(C(=O)c2cc(C)ccc2Br)c1. The molecule has 1 nitrogen and oxygen atoms in total. The van der Waals surface area contributed by atoms with Gasteiger partial charge in [-0.2, -0.15) is 0 Å². The van der Waals surface area contributed by atoms with Gasteiger partial charge >= 0.3 is 0 Å². The van der Waals surface area contributed by atoms with Crippen LogP contribution in [0.3, 0.4) is 0 Å². The molecule has 0 aliphatic carbocycles. The van der Waals surface area contributed by atoms with E-state index in [-0.39, 0.29) is 5.78 Å². The van der Waals surface area contributed by atoms with Crippen molar-refractivity contribution in [2.24, 2.45) is 0 Å². The Morgan fingerprint density at radius 3 is 2.40 bits per heavy atom. The molecule has 0 spiro atoms. The summed E-state index contributed by atoms with van der Waals surface area (Å²) in [6, 6.07) is 12.1. The van der Waals surface area contributed by atoms with Crippen LogP contribution in [0.2, 0.25) is 0 Å². The largest absolute Gasteiger partial charge is 0.289 e. The van der Waals surface area contributed by atoms with Crippen molar-refractivity contribution in [2.75, 3.05) is 0 Å². The second-order valence-corrected chi connectivity index (χ2v) is 5.87. The molecule has 0 atom stereocenters. The molecule has 0 aromatic heterocycles. The summed E-state index contributed by atoms with van der Waals surface area (Å²) in [5.41, 5.74) is 4.99. The van der Waals surface area contributed by atoms with E-state index in [1.165, 1.54) is 5.56 Å². The summed E-state index contributed by atoms with van der Waals surface area (Å²) in [7, 11) is 0. The predicted molar refractivity (Wildman–Crippen MR) is 87.5 cm³/mol. The Morgan fingerprint density at radius 1 is 1.00 bits per heavy atom. The Morgan fingerprint density at radius 2 is 1.75 bits per heavy atom. The van der Waals surface area contributed by atoms with Crippen LogP contribution in [0.1, 0.15) is 46.5 Å². The molecule has 20 heavy (non-hydrogen) atoms. The lowest BCUT2D eigenvalue weighted by molar-refractivity contribution is 0.103. The minimum absolute atomic E-state index is 0.104. The van der Waals surface area contributed by atoms with Crippen LogP contribution in [0.25, 0.3) is 0 Å². The molecule has 0 N–H and O–H groups in total. The summed E-state index contributed by atoms with van der Waals surface area (Å²) in [6.07, 6.45) is 1.81. The Hall–Kier alpha value is -1.41. The van der Waals surface area contributed by atoms with Crippen molar-refractivity contribution < 1.29 is 4.79 Å². The number of benzene rings is 2. The number of rotatable bonds is 4. The molecule has 104 valence electrons. The average Bonchev–Trinajstić information content (AvgIpc) is 2.48. The highest BCUT2D eigenvalue weighted by atomic mass is 79.9. The summed E-state index contributed by atoms with van der Waals surface area (Å²) in [6.45, 7) is 6.20. The lowest BCUT2D eigenvalue weighted by Gasteiger charge is -2.11. The van der Waals surface area contributed by atoms with Crippen LogP contribution < -0.4 is 0 Å². The number of aryl methyl sites for hydroxylation is 3. The second-order valence-electron chi connectivity index (χ2n) is 5.01. The fourth-order valence-corrected chi connectivity index (χ4v) is 2.75. The molecular formula is C18H19BrO. The molecule has 0 heterocycles. The Bertz CT molecular complexity index is 644. The zero-order valence-electron chi connectivity index (χ0n) is 12.2. The molecule has 2 aromatic rings. The van der Waals surface area contributed by atoms with E-state index >= 15 is 0 Å². The third-order valence-corrected chi connectivity index (χ3v) is 4.27. The van der Waals surface area contributed by atoms with Crippen molar-refractivity contribution in [1.82, 2.24) is 0 Å². The van der Waals surface area contributed by atoms with E-state index < -0.39 is 0 Å². The molecule has 0 unspecified atom stereocenters. The Balaban J connectivity index is 2.54. The lowest BCUT2D eigenvalue weighted by atomic mass is 9.94. The van der Waals surface area contributed by atoms with E-state index in [0.29, 0.717) is 0 Å². The highest BCUT2D eigenvalue weighted by Crippen LogP contribution is 2.24. The standard InChI is InChI=1S/C18H19BrO/c1-4-13-7-8-14(5-2)15(11-13)18(20)16-10-12(3)6-9-17(16)19/h6-11H,4-5H2,1-3H3. The van der Waals surface area contributed by atoms with Gasteiger partial charge in [0.2, 0.25) is 0 Å². The second kappa shape index (κ2) is 6.36. The maximum Gasteiger partial charge on any atom is 0.194 e. The molecule has 0 saturated heterocycles. The summed E-state index contributed by atoms with van der Waals surface area (Å²) in [4.78, 5) is 12.8. The van der Waals surface area contributed by atoms with Gasteiger partial charge in [-0.1, -0.05) is 53.5 Å². The highest BCUT2D eigenvalue weighted by molar-refractivity contribution is 9.10. The van der Waals surface area contributed by atoms with Crippen LogP contribution in [-0.4, -0.2) is 5.78 Å². The first-order valence-electron chi connectivity index (χ1n) is 6.99. The molecule has 0 aliphatic heterocycles. The molecule has 0 fully saturated rings. The quantitative estimate of drug-likeness (QED) is 0.711. The van der Waals surface area contributed by atoms with Crippen molar-refractivity contribution in [1.29, 1.82) is 0 Å². The Kier molecular flexibility index (Phi) is 4.77. The van der Waals surface area contributed by atoms with Gasteiger partial charge in [0.1, 0.15) is 0 Å². The van der Waals surface area contributed by atoms with Crippen molar-refractivity contribution in [3.63, 3.8) is 0 Å². The molecule has 0 saturated carbocycles. The van der Waals surface area contributed by atoms with Crippen LogP contribution in [-0.2, 0) is 12.8 Å². The zero-order chi connectivity index (χ0) is 14.7. The van der Waals surface area contributed by atoms with E-state index in [4.69, 9.17) is 0 Å². The molecule has 2 heteroatoms. The van der Waals surface area contributed by atoms with Crippen molar-refractivity contribution in [3.8, 4) is 0 Å². The number of carbonyl (C=O) groups excluding carboxylic acids is 1. The number of hydrogen-bond acceptors (Lipinski definition) is 1. The lowest BCUT2D eigenvalue weighted by Crippen LogP contribution is -2.07. The van der Waals surface area contributed by atoms with E-state index in [1.54, 1.807) is 0 Å². The number of halogens is 1. The molecular weight excluding hydrogens is 312 g/mol. The smallest absolute Gasteiger partial charge is 0.194 e. The van der Waals surface area contributed by atoms with E-state index in [9.17, 15) is 4.79 Å². The third-order valence-electron chi connectivity index (χ3n) is 3.57. The van der Waals surface area contributed by atoms with E-state index in [2.05, 4.69) is 41.9 Å². The Labute approximate surface area is 129 Å². The van der Waals surface area contributed by atoms with Gasteiger partial charge in [-0.3, -0.25) is 4.79 Å². The maximum atomic E-state index is 12.8. The van der Waals surface area contributed by atoms with Gasteiger partial charge in [0.25, 0.3) is 0 Å². The fourth-order valence-electron chi connectivity index (χ4n) is 2.32. The molecule has 0 amide bonds. The third kappa shape index (κ3) is 3.01. The van der Waals surface area contributed by atoms with Gasteiger partial charge in [0, 0.05) is 15.6 Å². The zero-order valence-corrected chi connectivity index (χ0v) is 13.8. The van der Waals surface area contributed by atoms with E-state index in [1.807, 2.05) is 31.2 Å². The van der Waals surface area contributed by atoms with Crippen molar-refractivity contribution in [3.05, 3.63) is 68.7 Å². The maximum absolute atomic E-state index is 12.8. The minimum atomic E-state index is 0.104. The minimum Gasteiger partial charge on any atom is -0.289 e. The summed E-state index contributed by atoms with van der Waals surface area (Å²) < 4.78 is 0.858. The molecule has 0 radical (unpaired) electrons. The monoisotopic (exact) mass is 330 g/mol. The number of hydrogen-bond donors (Lipinski definition) is 0. The normalized spacial score (nSPS) is 10.6. The highest BCUT2D eigenvalue weighted by Gasteiger charge is 2.16. The average molecular weight is 331 g/mol. The van der Waals surface area contributed by atoms with Crippen LogP contribution in [0.4, 0.5) is 0 Å². The van der Waals surface area contributed by atoms with Gasteiger partial charge in [-0.25, -0.2) is 0 Å². The predicted octanol–water partition coefficient (Wildman–Crippen LogP) is 5.11. The fraction of sp³-hybridized carbons (Fsp3) is 0.278. The summed E-state index contributed by atoms with van der Waals surface area (Å²) in [5.74, 6) is 0.104. The van der Waals surface area contributed by atoms with E-state index in [0.717, 1.165) is 39.6 Å². The van der Waals surface area contributed by atoms with Crippen LogP contribution in [0.15, 0.2) is 40.9 Å². The molecule has 0 aliphatic rings. The van der Waals surface area contributed by atoms with Gasteiger partial charge in [-0.15, -0.1) is 0 Å². The van der Waals surface area contributed by atoms with Crippen LogP contribution >= 0.6 is 15.9 Å². The number of ketones is 1. The first kappa shape index (κ1) is 15.0.